The molecule has 0 atom stereocenters. The maximum absolute atomic E-state index is 13.6. The third kappa shape index (κ3) is 5.26. The number of aromatic nitrogens is 2. The summed E-state index contributed by atoms with van der Waals surface area (Å²) in [7, 11) is 1.59. The molecule has 2 aromatic carbocycles. The number of amides is 1. The number of nitrogens with zero attached hydrogens (tertiary/aromatic N) is 3. The van der Waals surface area contributed by atoms with Crippen LogP contribution in [-0.2, 0) is 0 Å². The van der Waals surface area contributed by atoms with E-state index in [9.17, 15) is 4.79 Å². The number of likely N-dealkylation sites (tertiary alicyclic amines) is 1. The van der Waals surface area contributed by atoms with Crippen LogP contribution in [0.1, 0.15) is 60.5 Å². The number of aromatic amines is 1. The minimum atomic E-state index is -0.0352. The van der Waals surface area contributed by atoms with Crippen molar-refractivity contribution in [3.63, 3.8) is 0 Å². The zero-order valence-corrected chi connectivity index (χ0v) is 21.2. The number of hydrogen-bond acceptors (Lipinski definition) is 4. The quantitative estimate of drug-likeness (QED) is 0.562. The van der Waals surface area contributed by atoms with E-state index in [4.69, 9.17) is 15.0 Å². The first-order valence-corrected chi connectivity index (χ1v) is 12.4. The van der Waals surface area contributed by atoms with Gasteiger partial charge >= 0.3 is 0 Å². The number of methoxy groups -OCH3 is 1. The van der Waals surface area contributed by atoms with Crippen molar-refractivity contribution in [1.82, 2.24) is 14.9 Å². The molecule has 6 heteroatoms. The van der Waals surface area contributed by atoms with E-state index in [1.54, 1.807) is 7.11 Å². The summed E-state index contributed by atoms with van der Waals surface area (Å²) in [5.74, 6) is 1.61. The lowest BCUT2D eigenvalue weighted by molar-refractivity contribution is 0.0709. The summed E-state index contributed by atoms with van der Waals surface area (Å²) in [5, 5.41) is 10.8. The second-order valence-corrected chi connectivity index (χ2v) is 9.04. The standard InChI is InChI=1S/C30H32N4O2/c1-5-20(3)17-27-26(6-2)32-29(33-27)24-11-12-28(36-4)25(18-24)30(35)34-15-13-23(14-16-34)22-9-7-21(19-31)8-10-22/h6-12,17-18,23H,3,5,13-16H2,1-2,4H3,(H,32,33)/b26-6+,27-17+. The van der Waals surface area contributed by atoms with Crippen LogP contribution in [0.25, 0.3) is 23.5 Å². The normalized spacial score (nSPS) is 15.1. The van der Waals surface area contributed by atoms with Gasteiger partial charge in [0.2, 0.25) is 0 Å². The predicted octanol–water partition coefficient (Wildman–Crippen LogP) is 4.52. The van der Waals surface area contributed by atoms with Crippen LogP contribution in [0.5, 0.6) is 5.75 Å². The Morgan fingerprint density at radius 1 is 1.25 bits per heavy atom. The largest absolute Gasteiger partial charge is 0.496 e. The summed E-state index contributed by atoms with van der Waals surface area (Å²) in [6, 6.07) is 15.6. The highest BCUT2D eigenvalue weighted by atomic mass is 16.5. The van der Waals surface area contributed by atoms with Crippen molar-refractivity contribution in [2.24, 2.45) is 0 Å². The van der Waals surface area contributed by atoms with E-state index < -0.39 is 0 Å². The number of piperidine rings is 1. The first-order valence-electron chi connectivity index (χ1n) is 12.4. The number of H-pyrrole nitrogens is 1. The highest BCUT2D eigenvalue weighted by molar-refractivity contribution is 5.98. The number of carbonyl (C=O) groups excluding carboxylic acids is 1. The van der Waals surface area contributed by atoms with Gasteiger partial charge in [-0.1, -0.05) is 37.3 Å². The molecule has 184 valence electrons. The lowest BCUT2D eigenvalue weighted by Crippen LogP contribution is -2.38. The van der Waals surface area contributed by atoms with Gasteiger partial charge in [-0.2, -0.15) is 5.26 Å². The second kappa shape index (κ2) is 11.1. The molecular weight excluding hydrogens is 448 g/mol. The van der Waals surface area contributed by atoms with E-state index >= 15 is 0 Å². The Kier molecular flexibility index (Phi) is 7.70. The highest BCUT2D eigenvalue weighted by Gasteiger charge is 2.26. The fourth-order valence-corrected chi connectivity index (χ4v) is 4.60. The van der Waals surface area contributed by atoms with E-state index in [1.807, 2.05) is 66.4 Å². The van der Waals surface area contributed by atoms with Crippen LogP contribution in [0, 0.1) is 11.3 Å². The fourth-order valence-electron chi connectivity index (χ4n) is 4.60. The van der Waals surface area contributed by atoms with Gasteiger partial charge in [0.25, 0.3) is 5.91 Å². The summed E-state index contributed by atoms with van der Waals surface area (Å²) in [5.41, 5.74) is 4.26. The Morgan fingerprint density at radius 3 is 2.58 bits per heavy atom. The Bertz CT molecular complexity index is 1420. The van der Waals surface area contributed by atoms with Crippen LogP contribution in [0.3, 0.4) is 0 Å². The van der Waals surface area contributed by atoms with E-state index in [2.05, 4.69) is 24.6 Å². The van der Waals surface area contributed by atoms with E-state index in [0.717, 1.165) is 41.1 Å². The SMILES string of the molecule is C=C(/C=c1/nc(-c2ccc(OC)c(C(=O)N3CCC(c4ccc(C#N)cc4)CC3)c2)[nH]/c1=C/C)CC. The van der Waals surface area contributed by atoms with Crippen LogP contribution >= 0.6 is 0 Å². The van der Waals surface area contributed by atoms with E-state index in [-0.39, 0.29) is 5.91 Å². The maximum Gasteiger partial charge on any atom is 0.257 e. The Morgan fingerprint density at radius 2 is 1.97 bits per heavy atom. The minimum Gasteiger partial charge on any atom is -0.496 e. The van der Waals surface area contributed by atoms with Crippen molar-refractivity contribution < 1.29 is 9.53 Å². The van der Waals surface area contributed by atoms with Gasteiger partial charge in [-0.25, -0.2) is 4.98 Å². The van der Waals surface area contributed by atoms with Crippen LogP contribution in [0.15, 0.2) is 54.6 Å². The monoisotopic (exact) mass is 480 g/mol. The topological polar surface area (TPSA) is 82.0 Å². The van der Waals surface area contributed by atoms with Crippen LogP contribution in [-0.4, -0.2) is 41.0 Å². The minimum absolute atomic E-state index is 0.0352. The molecule has 0 saturated carbocycles. The van der Waals surface area contributed by atoms with Gasteiger partial charge in [0.1, 0.15) is 11.6 Å². The molecule has 1 N–H and O–H groups in total. The fraction of sp³-hybridized carbons (Fsp3) is 0.300. The van der Waals surface area contributed by atoms with Crippen molar-refractivity contribution in [2.75, 3.05) is 20.2 Å². The third-order valence-electron chi connectivity index (χ3n) is 6.84. The molecule has 1 aliphatic rings. The summed E-state index contributed by atoms with van der Waals surface area (Å²) < 4.78 is 5.55. The molecule has 2 heterocycles. The molecule has 3 aromatic rings. The number of nitrogens with one attached hydrogen (secondary N) is 1. The maximum atomic E-state index is 13.6. The number of nitriles is 1. The summed E-state index contributed by atoms with van der Waals surface area (Å²) in [6.45, 7) is 9.44. The molecule has 1 amide bonds. The van der Waals surface area contributed by atoms with Gasteiger partial charge in [0.05, 0.1) is 35.0 Å². The van der Waals surface area contributed by atoms with Crippen LogP contribution < -0.4 is 15.4 Å². The smallest absolute Gasteiger partial charge is 0.257 e. The molecule has 1 saturated heterocycles. The predicted molar refractivity (Wildman–Crippen MR) is 143 cm³/mol. The molecule has 0 bridgehead atoms. The van der Waals surface area contributed by atoms with Crippen LogP contribution in [0.2, 0.25) is 0 Å². The van der Waals surface area contributed by atoms with Gasteiger partial charge in [-0.3, -0.25) is 4.79 Å². The average molecular weight is 481 g/mol. The highest BCUT2D eigenvalue weighted by Crippen LogP contribution is 2.31. The zero-order valence-electron chi connectivity index (χ0n) is 21.2. The summed E-state index contributed by atoms with van der Waals surface area (Å²) >= 11 is 0. The number of carbonyl (C=O) groups is 1. The molecule has 0 unspecified atom stereocenters. The molecule has 0 spiro atoms. The van der Waals surface area contributed by atoms with Gasteiger partial charge in [0, 0.05) is 18.7 Å². The van der Waals surface area contributed by atoms with Crippen molar-refractivity contribution in [2.45, 2.75) is 39.0 Å². The number of rotatable bonds is 6. The molecule has 0 aliphatic carbocycles. The lowest BCUT2D eigenvalue weighted by Gasteiger charge is -2.32. The van der Waals surface area contributed by atoms with Gasteiger partial charge < -0.3 is 14.6 Å². The van der Waals surface area contributed by atoms with Gasteiger partial charge in [-0.15, -0.1) is 0 Å². The Balaban J connectivity index is 1.57. The molecule has 4 rings (SSSR count). The molecule has 1 aromatic heterocycles. The average Bonchev–Trinajstić information content (AvgIpc) is 3.35. The molecular formula is C30H32N4O2. The van der Waals surface area contributed by atoms with E-state index in [1.165, 1.54) is 5.56 Å². The lowest BCUT2D eigenvalue weighted by atomic mass is 9.89. The molecule has 36 heavy (non-hydrogen) atoms. The number of ether oxygens (including phenoxy) is 1. The Hall–Kier alpha value is -4.11. The number of allylic oxidation sites excluding steroid dienone is 1. The summed E-state index contributed by atoms with van der Waals surface area (Å²) in [4.78, 5) is 23.6. The number of benzene rings is 2. The molecule has 6 nitrogen and oxygen atoms in total. The Labute approximate surface area is 212 Å². The third-order valence-corrected chi connectivity index (χ3v) is 6.84. The van der Waals surface area contributed by atoms with Crippen molar-refractivity contribution in [1.29, 1.82) is 5.26 Å². The van der Waals surface area contributed by atoms with Crippen molar-refractivity contribution in [3.8, 4) is 23.2 Å². The summed E-state index contributed by atoms with van der Waals surface area (Å²) in [6.07, 6.45) is 6.60. The van der Waals surface area contributed by atoms with Crippen LogP contribution in [0.4, 0.5) is 0 Å². The number of imidazole rings is 1. The first kappa shape index (κ1) is 25.0. The second-order valence-electron chi connectivity index (χ2n) is 9.04. The van der Waals surface area contributed by atoms with Crippen molar-refractivity contribution in [3.05, 3.63) is 82.0 Å². The first-order chi connectivity index (χ1) is 17.5. The zero-order chi connectivity index (χ0) is 25.7. The van der Waals surface area contributed by atoms with E-state index in [0.29, 0.717) is 41.7 Å². The number of hydrogen-bond donors (Lipinski definition) is 1. The molecule has 1 aliphatic heterocycles. The molecule has 1 fully saturated rings. The van der Waals surface area contributed by atoms with Gasteiger partial charge in [0.15, 0.2) is 0 Å². The van der Waals surface area contributed by atoms with Gasteiger partial charge in [-0.05, 0) is 74.1 Å². The van der Waals surface area contributed by atoms with Crippen molar-refractivity contribution >= 4 is 18.1 Å². The molecule has 0 radical (unpaired) electrons.